The quantitative estimate of drug-likeness (QED) is 0.185. The molecule has 2 N–H and O–H groups in total. The Hall–Kier alpha value is -2.95. The SMILES string of the molecule is O=C(Cn1nnnc1SCC1=C(C(=O)O)N2C(=O)[C@@H]3[C@H]2[C@H](C1)CN3C(=O)C(F)(F)F)NCCc1ccccc1.[H-].[Na+]. The number of β-lactam (4-membered cyclic amide) rings is 1. The Morgan fingerprint density at radius 2 is 1.93 bits per heavy atom. The van der Waals surface area contributed by atoms with Crippen LogP contribution in [-0.4, -0.2) is 95.9 Å². The molecular weight excluding hydrogens is 566 g/mol. The molecule has 2 aromatic rings. The third kappa shape index (κ3) is 5.75. The van der Waals surface area contributed by atoms with Gasteiger partial charge in [-0.25, -0.2) is 9.48 Å². The maximum Gasteiger partial charge on any atom is 1.00 e. The van der Waals surface area contributed by atoms with Crippen molar-refractivity contribution in [2.45, 2.75) is 42.8 Å². The number of thioether (sulfide) groups is 1. The molecule has 1 aromatic heterocycles. The predicted octanol–water partition coefficient (Wildman–Crippen LogP) is -2.42. The number of carbonyl (C=O) groups excluding carboxylic acids is 3. The van der Waals surface area contributed by atoms with Gasteiger partial charge in [-0.2, -0.15) is 13.2 Å². The molecule has 1 aromatic carbocycles. The van der Waals surface area contributed by atoms with Crippen molar-refractivity contribution < 1.29 is 68.4 Å². The van der Waals surface area contributed by atoms with E-state index in [0.717, 1.165) is 22.2 Å². The van der Waals surface area contributed by atoms with E-state index in [1.807, 2.05) is 30.3 Å². The molecule has 12 nitrogen and oxygen atoms in total. The van der Waals surface area contributed by atoms with E-state index in [1.165, 1.54) is 4.68 Å². The third-order valence-electron chi connectivity index (χ3n) is 6.90. The minimum absolute atomic E-state index is 0. The number of amides is 3. The fraction of sp³-hybridized carbons (Fsp3) is 0.435. The molecule has 17 heteroatoms. The van der Waals surface area contributed by atoms with Gasteiger partial charge in [-0.05, 0) is 34.4 Å². The Kier molecular flexibility index (Phi) is 8.92. The Bertz CT molecular complexity index is 1360. The first-order chi connectivity index (χ1) is 18.6. The first kappa shape index (κ1) is 30.0. The number of nitrogens with one attached hydrogen (secondary N) is 1. The molecule has 5 rings (SSSR count). The van der Waals surface area contributed by atoms with Crippen LogP contribution in [0.1, 0.15) is 13.4 Å². The zero-order valence-electron chi connectivity index (χ0n) is 22.2. The van der Waals surface area contributed by atoms with Gasteiger partial charge in [-0.3, -0.25) is 19.3 Å². The molecule has 0 bridgehead atoms. The molecule has 0 unspecified atom stereocenters. The van der Waals surface area contributed by atoms with Crippen LogP contribution in [0, 0.1) is 5.92 Å². The van der Waals surface area contributed by atoms with Gasteiger partial charge in [-0.15, -0.1) is 5.10 Å². The van der Waals surface area contributed by atoms with Gasteiger partial charge >= 0.3 is 47.6 Å². The number of carbonyl (C=O) groups is 4. The second-order valence-electron chi connectivity index (χ2n) is 9.31. The zero-order valence-corrected chi connectivity index (χ0v) is 24.0. The fourth-order valence-electron chi connectivity index (χ4n) is 5.27. The van der Waals surface area contributed by atoms with Gasteiger partial charge in [0, 0.05) is 24.8 Å². The van der Waals surface area contributed by atoms with Crippen LogP contribution in [0.25, 0.3) is 0 Å². The van der Waals surface area contributed by atoms with Crippen LogP contribution in [0.3, 0.4) is 0 Å². The number of tetrazole rings is 1. The molecule has 2 fully saturated rings. The first-order valence-electron chi connectivity index (χ1n) is 11.9. The molecule has 40 heavy (non-hydrogen) atoms. The van der Waals surface area contributed by atoms with Gasteiger partial charge in [0.1, 0.15) is 18.3 Å². The molecule has 3 atom stereocenters. The van der Waals surface area contributed by atoms with Crippen LogP contribution in [-0.2, 0) is 32.1 Å². The Morgan fingerprint density at radius 3 is 2.60 bits per heavy atom. The average Bonchev–Trinajstić information content (AvgIpc) is 3.48. The normalized spacial score (nSPS) is 21.5. The second kappa shape index (κ2) is 11.9. The van der Waals surface area contributed by atoms with Crippen molar-refractivity contribution in [1.82, 2.24) is 35.3 Å². The van der Waals surface area contributed by atoms with Crippen LogP contribution in [0.15, 0.2) is 46.8 Å². The Morgan fingerprint density at radius 1 is 1.20 bits per heavy atom. The average molecular weight is 590 g/mol. The number of rotatable bonds is 9. The number of hydrogen-bond acceptors (Lipinski definition) is 8. The number of aromatic nitrogens is 4. The van der Waals surface area contributed by atoms with E-state index in [4.69, 9.17) is 0 Å². The summed E-state index contributed by atoms with van der Waals surface area (Å²) in [5.74, 6) is -5.20. The summed E-state index contributed by atoms with van der Waals surface area (Å²) in [4.78, 5) is 50.5. The molecule has 208 valence electrons. The molecule has 0 saturated carbocycles. The maximum absolute atomic E-state index is 13.1. The summed E-state index contributed by atoms with van der Waals surface area (Å²) in [6, 6.07) is 7.46. The van der Waals surface area contributed by atoms with Crippen LogP contribution in [0.4, 0.5) is 13.2 Å². The number of aliphatic carboxylic acids is 1. The molecule has 3 amide bonds. The minimum atomic E-state index is -5.14. The van der Waals surface area contributed by atoms with E-state index in [-0.39, 0.29) is 73.0 Å². The summed E-state index contributed by atoms with van der Waals surface area (Å²) in [7, 11) is 0. The van der Waals surface area contributed by atoms with Gasteiger partial charge in [0.15, 0.2) is 0 Å². The number of halogens is 3. The number of alkyl halides is 3. The zero-order chi connectivity index (χ0) is 27.9. The standard InChI is InChI=1S/C23H22F3N7O5S.Na.H/c24-23(25,26)21(38)31-9-13-8-14(17(20(36)37)33-16(13)18(31)19(33)35)11-39-22-28-29-30-32(22)10-15(34)27-7-6-12-4-2-1-3-5-12;;/h1-5,13,16,18H,6-11H2,(H,27,34)(H,36,37);;/q;+1;-1/t13-,16-,18+;;/m1../s1. The summed E-state index contributed by atoms with van der Waals surface area (Å²) >= 11 is 1.04. The minimum Gasteiger partial charge on any atom is -1.00 e. The van der Waals surface area contributed by atoms with Gasteiger partial charge in [0.05, 0.1) is 6.04 Å². The van der Waals surface area contributed by atoms with E-state index in [2.05, 4.69) is 20.8 Å². The molecule has 0 aliphatic carbocycles. The number of carboxylic acids is 1. The molecule has 3 aliphatic rings. The molecular formula is C23H23F3N7NaO5S. The smallest absolute Gasteiger partial charge is 1.00 e. The number of nitrogens with zero attached hydrogens (tertiary/aromatic N) is 6. The van der Waals surface area contributed by atoms with E-state index in [9.17, 15) is 37.5 Å². The van der Waals surface area contributed by atoms with Crippen LogP contribution < -0.4 is 34.9 Å². The topological polar surface area (TPSA) is 151 Å². The van der Waals surface area contributed by atoms with E-state index in [1.54, 1.807) is 0 Å². The molecule has 4 heterocycles. The largest absolute Gasteiger partial charge is 1.00 e. The maximum atomic E-state index is 13.1. The van der Waals surface area contributed by atoms with E-state index in [0.29, 0.717) is 23.4 Å². The number of hydrogen-bond donors (Lipinski definition) is 2. The van der Waals surface area contributed by atoms with Gasteiger partial charge in [-0.1, -0.05) is 42.1 Å². The molecule has 2 saturated heterocycles. The van der Waals surface area contributed by atoms with Crippen molar-refractivity contribution in [3.05, 3.63) is 47.2 Å². The number of benzene rings is 1. The third-order valence-corrected chi connectivity index (χ3v) is 7.94. The van der Waals surface area contributed by atoms with E-state index < -0.39 is 42.0 Å². The Labute approximate surface area is 253 Å². The summed E-state index contributed by atoms with van der Waals surface area (Å²) in [5, 5.41) is 24.1. The molecule has 0 spiro atoms. The van der Waals surface area contributed by atoms with Crippen molar-refractivity contribution in [3.8, 4) is 0 Å². The van der Waals surface area contributed by atoms with Crippen molar-refractivity contribution in [2.24, 2.45) is 5.92 Å². The van der Waals surface area contributed by atoms with Crippen molar-refractivity contribution in [1.29, 1.82) is 0 Å². The molecule has 3 aliphatic heterocycles. The van der Waals surface area contributed by atoms with Crippen LogP contribution in [0.2, 0.25) is 0 Å². The van der Waals surface area contributed by atoms with Crippen molar-refractivity contribution in [3.63, 3.8) is 0 Å². The van der Waals surface area contributed by atoms with E-state index >= 15 is 0 Å². The number of carboxylic acid groups (broad SMARTS) is 1. The fourth-order valence-corrected chi connectivity index (χ4v) is 6.17. The first-order valence-corrected chi connectivity index (χ1v) is 12.9. The summed E-state index contributed by atoms with van der Waals surface area (Å²) < 4.78 is 40.4. The Balaban J connectivity index is 0.00000231. The second-order valence-corrected chi connectivity index (χ2v) is 10.3. The van der Waals surface area contributed by atoms with Gasteiger partial charge in [0.25, 0.3) is 5.91 Å². The van der Waals surface area contributed by atoms with Crippen LogP contribution >= 0.6 is 11.8 Å². The summed E-state index contributed by atoms with van der Waals surface area (Å²) in [5.41, 5.74) is 1.07. The van der Waals surface area contributed by atoms with Gasteiger partial charge in [0.2, 0.25) is 11.1 Å². The number of likely N-dealkylation sites (tertiary alicyclic amines) is 1. The van der Waals surface area contributed by atoms with Crippen molar-refractivity contribution >= 4 is 35.5 Å². The monoisotopic (exact) mass is 589 g/mol. The summed E-state index contributed by atoms with van der Waals surface area (Å²) in [6.45, 7) is -0.0814. The van der Waals surface area contributed by atoms with Gasteiger partial charge < -0.3 is 16.7 Å². The summed E-state index contributed by atoms with van der Waals surface area (Å²) in [6.07, 6.45) is -4.41. The predicted molar refractivity (Wildman–Crippen MR) is 128 cm³/mol. The van der Waals surface area contributed by atoms with Crippen LogP contribution in [0.5, 0.6) is 0 Å². The molecule has 0 radical (unpaired) electrons. The van der Waals surface area contributed by atoms with Crippen molar-refractivity contribution in [2.75, 3.05) is 18.8 Å².